The number of allylic oxidation sites excluding steroid dienone is 19. The Labute approximate surface area is 160 Å². The van der Waals surface area contributed by atoms with E-state index < -0.39 is 0 Å². The molecule has 1 rings (SSSR count). The van der Waals surface area contributed by atoms with Crippen molar-refractivity contribution in [1.29, 1.82) is 0 Å². The minimum atomic E-state index is 0.412. The van der Waals surface area contributed by atoms with Gasteiger partial charge in [-0.3, -0.25) is 0 Å². The molecule has 26 heavy (non-hydrogen) atoms. The lowest BCUT2D eigenvalue weighted by Crippen LogP contribution is -1.99. The molecule has 0 aromatic heterocycles. The monoisotopic (exact) mass is 344 g/mol. The number of hydrogen-bond donors (Lipinski definition) is 0. The summed E-state index contributed by atoms with van der Waals surface area (Å²) in [6.45, 7) is 14.5. The fourth-order valence-electron chi connectivity index (χ4n) is 2.92. The van der Waals surface area contributed by atoms with Gasteiger partial charge < -0.3 is 0 Å². The molecule has 0 aromatic rings. The second-order valence-electron chi connectivity index (χ2n) is 6.23. The Hall–Kier alpha value is -2.60. The molecule has 1 unspecified atom stereocenters. The molecule has 0 spiro atoms. The van der Waals surface area contributed by atoms with Crippen LogP contribution in [-0.4, -0.2) is 0 Å². The summed E-state index contributed by atoms with van der Waals surface area (Å²) in [5.74, 6) is 0.412. The Bertz CT molecular complexity index is 750. The largest absolute Gasteiger partial charge is 0.0990 e. The molecule has 1 aliphatic carbocycles. The maximum absolute atomic E-state index is 3.91. The van der Waals surface area contributed by atoms with Crippen LogP contribution < -0.4 is 0 Å². The second kappa shape index (κ2) is 11.9. The maximum Gasteiger partial charge on any atom is -0.00697 e. The first kappa shape index (κ1) is 21.4. The predicted molar refractivity (Wildman–Crippen MR) is 119 cm³/mol. The van der Waals surface area contributed by atoms with Crippen molar-refractivity contribution in [3.63, 3.8) is 0 Å². The van der Waals surface area contributed by atoms with Gasteiger partial charge >= 0.3 is 0 Å². The second-order valence-corrected chi connectivity index (χ2v) is 6.23. The molecule has 0 amide bonds. The third-order valence-electron chi connectivity index (χ3n) is 4.09. The quantitative estimate of drug-likeness (QED) is 0.414. The van der Waals surface area contributed by atoms with Crippen LogP contribution in [0.5, 0.6) is 0 Å². The third kappa shape index (κ3) is 6.37. The van der Waals surface area contributed by atoms with Gasteiger partial charge in [0.2, 0.25) is 0 Å². The molecule has 136 valence electrons. The molecule has 1 atom stereocenters. The lowest BCUT2D eigenvalue weighted by atomic mass is 9.87. The number of hydrogen-bond acceptors (Lipinski definition) is 0. The van der Waals surface area contributed by atoms with Gasteiger partial charge in [-0.1, -0.05) is 98.6 Å². The lowest BCUT2D eigenvalue weighted by Gasteiger charge is -2.17. The van der Waals surface area contributed by atoms with Crippen LogP contribution in [0.1, 0.15) is 34.6 Å². The van der Waals surface area contributed by atoms with Crippen molar-refractivity contribution in [1.82, 2.24) is 0 Å². The summed E-state index contributed by atoms with van der Waals surface area (Å²) in [4.78, 5) is 0. The summed E-state index contributed by atoms with van der Waals surface area (Å²) in [6, 6.07) is 0. The summed E-state index contributed by atoms with van der Waals surface area (Å²) in [7, 11) is 0. The molecule has 1 aliphatic rings. The van der Waals surface area contributed by atoms with E-state index in [1.807, 2.05) is 19.9 Å². The molecular formula is C26H32. The molecule has 0 nitrogen and oxygen atoms in total. The van der Waals surface area contributed by atoms with Crippen LogP contribution in [-0.2, 0) is 0 Å². The van der Waals surface area contributed by atoms with Gasteiger partial charge in [-0.15, -0.1) is 0 Å². The van der Waals surface area contributed by atoms with E-state index in [0.717, 1.165) is 5.57 Å². The molecule has 0 aliphatic heterocycles. The molecule has 0 heterocycles. The predicted octanol–water partition coefficient (Wildman–Crippen LogP) is 7.76. The van der Waals surface area contributed by atoms with Gasteiger partial charge in [-0.2, -0.15) is 0 Å². The van der Waals surface area contributed by atoms with E-state index in [9.17, 15) is 0 Å². The molecule has 0 heteroatoms. The van der Waals surface area contributed by atoms with E-state index in [1.165, 1.54) is 22.3 Å². The summed E-state index contributed by atoms with van der Waals surface area (Å²) in [5.41, 5.74) is 6.09. The fourth-order valence-corrected chi connectivity index (χ4v) is 2.92. The summed E-state index contributed by atoms with van der Waals surface area (Å²) >= 11 is 0. The summed E-state index contributed by atoms with van der Waals surface area (Å²) in [6.07, 6.45) is 29.7. The Balaban J connectivity index is 3.77. The Morgan fingerprint density at radius 3 is 2.19 bits per heavy atom. The topological polar surface area (TPSA) is 0 Å². The lowest BCUT2D eigenvalue weighted by molar-refractivity contribution is 0.934. The van der Waals surface area contributed by atoms with Crippen LogP contribution in [0.4, 0.5) is 0 Å². The van der Waals surface area contributed by atoms with Crippen LogP contribution >= 0.6 is 0 Å². The first-order valence-electron chi connectivity index (χ1n) is 9.28. The minimum Gasteiger partial charge on any atom is -0.0990 e. The standard InChI is InChI=1S/C26H32/c1-7-11-18-24(16-10-4)26(23(14-8-2)15-9-3)22(6)25-19-13-12-17-21(5)20-25/h7-21H,2H2,1,3-6H3/b11-7-,15-9-,16-10-,23-14+,24-18+,26-22-. The van der Waals surface area contributed by atoms with Crippen molar-refractivity contribution in [3.8, 4) is 0 Å². The van der Waals surface area contributed by atoms with E-state index in [4.69, 9.17) is 0 Å². The van der Waals surface area contributed by atoms with Gasteiger partial charge in [0.15, 0.2) is 0 Å². The van der Waals surface area contributed by atoms with Gasteiger partial charge in [0.25, 0.3) is 0 Å². The van der Waals surface area contributed by atoms with E-state index in [1.54, 1.807) is 0 Å². The van der Waals surface area contributed by atoms with Gasteiger partial charge in [-0.05, 0) is 61.5 Å². The van der Waals surface area contributed by atoms with E-state index in [2.05, 4.69) is 106 Å². The van der Waals surface area contributed by atoms with Crippen molar-refractivity contribution in [2.75, 3.05) is 0 Å². The van der Waals surface area contributed by atoms with Crippen molar-refractivity contribution in [2.24, 2.45) is 5.92 Å². The highest BCUT2D eigenvalue weighted by Gasteiger charge is 2.13. The van der Waals surface area contributed by atoms with E-state index in [0.29, 0.717) is 5.92 Å². The molecule has 0 saturated heterocycles. The molecule has 0 bridgehead atoms. The van der Waals surface area contributed by atoms with Crippen LogP contribution in [0.15, 0.2) is 120 Å². The highest BCUT2D eigenvalue weighted by atomic mass is 14.2. The summed E-state index contributed by atoms with van der Waals surface area (Å²) < 4.78 is 0. The first-order valence-corrected chi connectivity index (χ1v) is 9.28. The Morgan fingerprint density at radius 2 is 1.62 bits per heavy atom. The molecule has 0 N–H and O–H groups in total. The fraction of sp³-hybridized carbons (Fsp3) is 0.231. The van der Waals surface area contributed by atoms with Crippen molar-refractivity contribution < 1.29 is 0 Å². The zero-order chi connectivity index (χ0) is 19.4. The van der Waals surface area contributed by atoms with Gasteiger partial charge in [0, 0.05) is 0 Å². The smallest absolute Gasteiger partial charge is 0.00697 e. The van der Waals surface area contributed by atoms with Crippen molar-refractivity contribution >= 4 is 0 Å². The van der Waals surface area contributed by atoms with E-state index in [-0.39, 0.29) is 0 Å². The highest BCUT2D eigenvalue weighted by Crippen LogP contribution is 2.31. The normalized spacial score (nSPS) is 20.0. The van der Waals surface area contributed by atoms with Crippen molar-refractivity contribution in [2.45, 2.75) is 34.6 Å². The van der Waals surface area contributed by atoms with Crippen LogP contribution in [0.3, 0.4) is 0 Å². The third-order valence-corrected chi connectivity index (χ3v) is 4.09. The molecule has 0 saturated carbocycles. The zero-order valence-electron chi connectivity index (χ0n) is 16.9. The van der Waals surface area contributed by atoms with Crippen LogP contribution in [0, 0.1) is 5.92 Å². The van der Waals surface area contributed by atoms with E-state index >= 15 is 0 Å². The number of rotatable bonds is 7. The van der Waals surface area contributed by atoms with Crippen molar-refractivity contribution in [3.05, 3.63) is 120 Å². The zero-order valence-corrected chi connectivity index (χ0v) is 16.9. The van der Waals surface area contributed by atoms with Crippen LogP contribution in [0.25, 0.3) is 0 Å². The highest BCUT2D eigenvalue weighted by molar-refractivity contribution is 5.64. The van der Waals surface area contributed by atoms with Gasteiger partial charge in [-0.25, -0.2) is 0 Å². The molecule has 0 aromatic carbocycles. The average Bonchev–Trinajstić information content (AvgIpc) is 2.84. The molecule has 0 radical (unpaired) electrons. The van der Waals surface area contributed by atoms with Gasteiger partial charge in [0.05, 0.1) is 0 Å². The average molecular weight is 345 g/mol. The van der Waals surface area contributed by atoms with Crippen LogP contribution in [0.2, 0.25) is 0 Å². The SMILES string of the molecule is C=C/C=C(\C=C/C)C(=C(\C)C1=CC(C)C=CC=C1)/C(/C=C\C)=C/C=C\C. The van der Waals surface area contributed by atoms with Gasteiger partial charge in [0.1, 0.15) is 0 Å². The maximum atomic E-state index is 3.91. The minimum absolute atomic E-state index is 0.412. The Morgan fingerprint density at radius 1 is 0.962 bits per heavy atom. The first-order chi connectivity index (χ1) is 12.6. The summed E-state index contributed by atoms with van der Waals surface area (Å²) in [5, 5.41) is 0. The molecular weight excluding hydrogens is 312 g/mol. The molecule has 0 fully saturated rings. The Kier molecular flexibility index (Phi) is 9.79.